The van der Waals surface area contributed by atoms with Crippen LogP contribution in [0.1, 0.15) is 33.5 Å². The van der Waals surface area contributed by atoms with Gasteiger partial charge in [-0.1, -0.05) is 19.3 Å². The van der Waals surface area contributed by atoms with Crippen molar-refractivity contribution in [1.29, 1.82) is 5.26 Å². The molecule has 1 aliphatic rings. The molecule has 1 saturated carbocycles. The van der Waals surface area contributed by atoms with Crippen molar-refractivity contribution in [2.24, 2.45) is 0 Å². The normalized spacial score (nSPS) is 18.7. The quantitative estimate of drug-likeness (QED) is 0.279. The summed E-state index contributed by atoms with van der Waals surface area (Å²) in [6, 6.07) is 0.490. The molecule has 0 unspecified atom stereocenters. The number of nitrogens with zero attached hydrogens (tertiary/aromatic N) is 1. The van der Waals surface area contributed by atoms with E-state index in [9.17, 15) is 0 Å². The third-order valence-corrected chi connectivity index (χ3v) is 1.87. The van der Waals surface area contributed by atoms with Gasteiger partial charge in [0.2, 0.25) is 0 Å². The van der Waals surface area contributed by atoms with Crippen LogP contribution in [-0.2, 0) is 0 Å². The van der Waals surface area contributed by atoms with Gasteiger partial charge in [0.25, 0.3) is 0 Å². The Balaban J connectivity index is 0. The zero-order valence-corrected chi connectivity index (χ0v) is 8.56. The van der Waals surface area contributed by atoms with Crippen LogP contribution >= 0.6 is 0 Å². The van der Waals surface area contributed by atoms with Crippen molar-refractivity contribution in [2.45, 2.75) is 38.1 Å². The molecule has 3 heteroatoms. The van der Waals surface area contributed by atoms with E-state index in [2.05, 4.69) is 5.32 Å². The predicted octanol–water partition coefficient (Wildman–Crippen LogP) is -1.49. The summed E-state index contributed by atoms with van der Waals surface area (Å²) in [5.41, 5.74) is 0. The molecular formula is C7H13N2Na. The number of nitriles is 1. The molecule has 0 spiro atoms. The van der Waals surface area contributed by atoms with Gasteiger partial charge in [0.1, 0.15) is 0 Å². The van der Waals surface area contributed by atoms with Gasteiger partial charge in [-0.2, -0.15) is 5.26 Å². The molecule has 0 aromatic rings. The molecule has 0 amide bonds. The average molecular weight is 148 g/mol. The topological polar surface area (TPSA) is 35.8 Å². The van der Waals surface area contributed by atoms with Crippen LogP contribution in [0.25, 0.3) is 0 Å². The summed E-state index contributed by atoms with van der Waals surface area (Å²) in [5, 5.41) is 11.0. The summed E-state index contributed by atoms with van der Waals surface area (Å²) in [6.07, 6.45) is 8.30. The second kappa shape index (κ2) is 6.03. The van der Waals surface area contributed by atoms with Gasteiger partial charge in [0.15, 0.2) is 6.19 Å². The summed E-state index contributed by atoms with van der Waals surface area (Å²) < 4.78 is 0. The van der Waals surface area contributed by atoms with Gasteiger partial charge < -0.3 is 6.74 Å². The third kappa shape index (κ3) is 3.46. The molecular weight excluding hydrogens is 135 g/mol. The largest absolute Gasteiger partial charge is 1.00 e. The monoisotopic (exact) mass is 148 g/mol. The second-order valence-corrected chi connectivity index (χ2v) is 2.59. The zero-order chi connectivity index (χ0) is 6.53. The van der Waals surface area contributed by atoms with Crippen LogP contribution in [0, 0.1) is 11.5 Å². The summed E-state index contributed by atoms with van der Waals surface area (Å²) in [7, 11) is 0. The standard InChI is InChI=1S/C7H12N2.Na.H/c8-6-9-7-4-2-1-3-5-7;;/h7,9H,1-5H2;;/q;+1;-1. The van der Waals surface area contributed by atoms with Gasteiger partial charge >= 0.3 is 29.6 Å². The van der Waals surface area contributed by atoms with Gasteiger partial charge in [-0.15, -0.1) is 0 Å². The minimum absolute atomic E-state index is 0. The van der Waals surface area contributed by atoms with Crippen molar-refractivity contribution in [3.8, 4) is 6.19 Å². The van der Waals surface area contributed by atoms with Crippen LogP contribution < -0.4 is 34.9 Å². The van der Waals surface area contributed by atoms with E-state index in [1.165, 1.54) is 32.1 Å². The summed E-state index contributed by atoms with van der Waals surface area (Å²) in [5.74, 6) is 0. The van der Waals surface area contributed by atoms with Gasteiger partial charge in [-0.25, -0.2) is 0 Å². The molecule has 0 saturated heterocycles. The second-order valence-electron chi connectivity index (χ2n) is 2.59. The van der Waals surface area contributed by atoms with E-state index in [-0.39, 0.29) is 31.0 Å². The minimum Gasteiger partial charge on any atom is -1.00 e. The van der Waals surface area contributed by atoms with Crippen LogP contribution in [-0.4, -0.2) is 6.04 Å². The summed E-state index contributed by atoms with van der Waals surface area (Å²) in [4.78, 5) is 0. The Bertz CT molecular complexity index is 118. The minimum atomic E-state index is 0. The third-order valence-electron chi connectivity index (χ3n) is 1.87. The SMILES string of the molecule is N#CNC1CCCCC1.[H-].[Na+]. The van der Waals surface area contributed by atoms with Crippen molar-refractivity contribution in [2.75, 3.05) is 0 Å². The van der Waals surface area contributed by atoms with E-state index in [0.29, 0.717) is 6.04 Å². The maximum Gasteiger partial charge on any atom is 1.00 e. The van der Waals surface area contributed by atoms with E-state index in [4.69, 9.17) is 5.26 Å². The van der Waals surface area contributed by atoms with Crippen LogP contribution in [0.15, 0.2) is 0 Å². The molecule has 0 aromatic carbocycles. The van der Waals surface area contributed by atoms with Gasteiger partial charge in [0, 0.05) is 6.04 Å². The Morgan fingerprint density at radius 2 is 1.90 bits per heavy atom. The Hall–Kier alpha value is 0.290. The molecule has 1 aliphatic carbocycles. The Labute approximate surface area is 85.8 Å². The van der Waals surface area contributed by atoms with Crippen molar-refractivity contribution in [3.63, 3.8) is 0 Å². The van der Waals surface area contributed by atoms with Crippen molar-refractivity contribution in [1.82, 2.24) is 5.32 Å². The molecule has 0 heterocycles. The molecule has 1 N–H and O–H groups in total. The van der Waals surface area contributed by atoms with E-state index in [0.717, 1.165) is 0 Å². The molecule has 1 fully saturated rings. The molecule has 0 bridgehead atoms. The molecule has 0 aromatic heterocycles. The van der Waals surface area contributed by atoms with Crippen molar-refractivity contribution in [3.05, 3.63) is 0 Å². The molecule has 52 valence electrons. The van der Waals surface area contributed by atoms with E-state index >= 15 is 0 Å². The van der Waals surface area contributed by atoms with Gasteiger partial charge in [0.05, 0.1) is 0 Å². The van der Waals surface area contributed by atoms with Crippen molar-refractivity contribution < 1.29 is 31.0 Å². The molecule has 10 heavy (non-hydrogen) atoms. The van der Waals surface area contributed by atoms with E-state index in [1.807, 2.05) is 6.19 Å². The van der Waals surface area contributed by atoms with Crippen LogP contribution in [0.5, 0.6) is 0 Å². The molecule has 0 atom stereocenters. The Morgan fingerprint density at radius 3 is 2.40 bits per heavy atom. The van der Waals surface area contributed by atoms with E-state index < -0.39 is 0 Å². The number of rotatable bonds is 1. The fourth-order valence-electron chi connectivity index (χ4n) is 1.34. The summed E-state index contributed by atoms with van der Waals surface area (Å²) >= 11 is 0. The maximum absolute atomic E-state index is 8.26. The molecule has 2 nitrogen and oxygen atoms in total. The fraction of sp³-hybridized carbons (Fsp3) is 0.857. The fourth-order valence-corrected chi connectivity index (χ4v) is 1.34. The molecule has 1 rings (SSSR count). The van der Waals surface area contributed by atoms with Crippen molar-refractivity contribution >= 4 is 0 Å². The first-order valence-electron chi connectivity index (χ1n) is 3.58. The average Bonchev–Trinajstić information content (AvgIpc) is 1.91. The number of nitrogens with one attached hydrogen (secondary N) is 1. The van der Waals surface area contributed by atoms with E-state index in [1.54, 1.807) is 0 Å². The zero-order valence-electron chi connectivity index (χ0n) is 7.56. The first kappa shape index (κ1) is 10.3. The number of hydrogen-bond donors (Lipinski definition) is 1. The Morgan fingerprint density at radius 1 is 1.30 bits per heavy atom. The summed E-state index contributed by atoms with van der Waals surface area (Å²) in [6.45, 7) is 0. The predicted molar refractivity (Wildman–Crippen MR) is 36.7 cm³/mol. The first-order chi connectivity index (χ1) is 4.43. The Kier molecular flexibility index (Phi) is 6.20. The van der Waals surface area contributed by atoms with Crippen LogP contribution in [0.3, 0.4) is 0 Å². The van der Waals surface area contributed by atoms with Gasteiger partial charge in [-0.3, -0.25) is 0 Å². The first-order valence-corrected chi connectivity index (χ1v) is 3.58. The number of hydrogen-bond acceptors (Lipinski definition) is 2. The maximum atomic E-state index is 8.26. The smallest absolute Gasteiger partial charge is 1.00 e. The van der Waals surface area contributed by atoms with Crippen LogP contribution in [0.2, 0.25) is 0 Å². The molecule has 0 aliphatic heterocycles. The van der Waals surface area contributed by atoms with Gasteiger partial charge in [-0.05, 0) is 12.8 Å². The molecule has 0 radical (unpaired) electrons. The van der Waals surface area contributed by atoms with Crippen LogP contribution in [0.4, 0.5) is 0 Å².